The highest BCUT2D eigenvalue weighted by molar-refractivity contribution is 6.99. The summed E-state index contributed by atoms with van der Waals surface area (Å²) in [6.45, 7) is -25.3. The molecule has 0 aromatic carbocycles. The lowest BCUT2D eigenvalue weighted by molar-refractivity contribution is 0.0975. The van der Waals surface area contributed by atoms with Crippen LogP contribution in [0, 0.1) is 0 Å². The molecule has 120 valence electrons. The monoisotopic (exact) mass is 333 g/mol. The van der Waals surface area contributed by atoms with Gasteiger partial charge < -0.3 is 24.8 Å². The van der Waals surface area contributed by atoms with Crippen molar-refractivity contribution in [3.8, 4) is 5.88 Å². The zero-order chi connectivity index (χ0) is 30.0. The van der Waals surface area contributed by atoms with Gasteiger partial charge in [-0.15, -0.1) is 4.37 Å². The van der Waals surface area contributed by atoms with Gasteiger partial charge in [-0.1, -0.05) is 0 Å². The van der Waals surface area contributed by atoms with Gasteiger partial charge in [-0.25, -0.2) is 0 Å². The molecule has 8 heteroatoms. The van der Waals surface area contributed by atoms with Crippen LogP contribution in [0.3, 0.4) is 0 Å². The van der Waals surface area contributed by atoms with Gasteiger partial charge in [0, 0.05) is 40.2 Å². The summed E-state index contributed by atoms with van der Waals surface area (Å²) in [6.07, 6.45) is -3.08. The molecule has 0 amide bonds. The molecule has 21 heavy (non-hydrogen) atoms. The Balaban J connectivity index is 2.43. The molecule has 1 aliphatic rings. The van der Waals surface area contributed by atoms with Crippen LogP contribution in [0.4, 0.5) is 5.82 Å². The zero-order valence-electron chi connectivity index (χ0n) is 27.5. The number of rotatable bonds is 6. The quantitative estimate of drug-likeness (QED) is 0.785. The summed E-state index contributed by atoms with van der Waals surface area (Å²) >= 11 is 0.407. The number of hydrogen-bond acceptors (Lipinski definition) is 8. The fourth-order valence-corrected chi connectivity index (χ4v) is 1.73. The Hall–Kier alpha value is -0.960. The van der Waals surface area contributed by atoms with Crippen molar-refractivity contribution >= 4 is 17.5 Å². The van der Waals surface area contributed by atoms with E-state index in [2.05, 4.69) is 13.5 Å². The first kappa shape index (κ1) is 5.02. The van der Waals surface area contributed by atoms with Crippen LogP contribution in [0.15, 0.2) is 0 Å². The van der Waals surface area contributed by atoms with Gasteiger partial charge in [-0.05, 0) is 20.6 Å². The molecule has 2 heterocycles. The number of morpholine rings is 1. The lowest BCUT2D eigenvalue weighted by atomic mass is 10.1. The maximum Gasteiger partial charge on any atom is 0.270 e. The van der Waals surface area contributed by atoms with E-state index >= 15 is 0 Å². The number of β-amino-alcohol motifs (C(OH)–C–C–N with tert-alkyl or cyclic N) is 1. The van der Waals surface area contributed by atoms with Gasteiger partial charge in [-0.3, -0.25) is 0 Å². The lowest BCUT2D eigenvalue weighted by Gasteiger charge is -2.27. The van der Waals surface area contributed by atoms with E-state index in [1.165, 1.54) is 5.32 Å². The molecule has 1 atom stereocenters. The van der Waals surface area contributed by atoms with E-state index in [1.807, 2.05) is 0 Å². The van der Waals surface area contributed by atoms with Crippen molar-refractivity contribution in [1.29, 1.82) is 0 Å². The molecule has 0 unspecified atom stereocenters. The summed E-state index contributed by atoms with van der Waals surface area (Å²) in [5.41, 5.74) is -3.95. The summed E-state index contributed by atoms with van der Waals surface area (Å²) in [5, 5.41) is 11.9. The number of aliphatic hydroxyl groups excluding tert-OH is 1. The summed E-state index contributed by atoms with van der Waals surface area (Å²) in [5.74, 6) is -1.16. The average molecular weight is 334 g/mol. The minimum atomic E-state index is -3.95. The average Bonchev–Trinajstić information content (AvgIpc) is 3.07. The summed E-state index contributed by atoms with van der Waals surface area (Å²) < 4.78 is 148. The van der Waals surface area contributed by atoms with Crippen LogP contribution in [0.25, 0.3) is 0 Å². The molecule has 0 saturated carbocycles. The molecular weight excluding hydrogens is 292 g/mol. The SMILES string of the molecule is [2H]C1([2H])CN(c2nsnc2OC([2H])([2H])[C@@H](O)C([2H])([2H])NC(C([2H])([2H])[2H])(C([2H])([2H])[2H])C([2H])([2H])[2H])CC([2H])([2H])O1. The smallest absolute Gasteiger partial charge is 0.270 e. The van der Waals surface area contributed by atoms with Crippen molar-refractivity contribution < 1.29 is 37.9 Å². The van der Waals surface area contributed by atoms with Crippen molar-refractivity contribution in [2.45, 2.75) is 32.2 Å². The zero-order valence-corrected chi connectivity index (χ0v) is 11.3. The van der Waals surface area contributed by atoms with Gasteiger partial charge in [0.2, 0.25) is 5.82 Å². The Kier molecular flexibility index (Phi) is 1.76. The summed E-state index contributed by atoms with van der Waals surface area (Å²) in [6, 6.07) is 0. The Morgan fingerprint density at radius 3 is 3.05 bits per heavy atom. The topological polar surface area (TPSA) is 79.7 Å². The van der Waals surface area contributed by atoms with Crippen LogP contribution in [0.2, 0.25) is 0 Å². The molecule has 1 fully saturated rings. The normalized spacial score (nSPS) is 37.8. The molecular formula is C13H24N4O3S. The molecule has 0 bridgehead atoms. The maximum absolute atomic E-state index is 10.5. The van der Waals surface area contributed by atoms with Crippen molar-refractivity contribution in [1.82, 2.24) is 14.1 Å². The third-order valence-electron chi connectivity index (χ3n) is 2.06. The standard InChI is InChI=1S/C13H24N4O3S/c1-13(2,3)14-8-10(18)9-20-12-11(15-21-16-12)17-4-6-19-7-5-17/h10,14,18H,4-9H2,1-3H3/t10-/m0/s1/i1D3,2D3,3D3,6D2,7D2,8D2,9D2. The van der Waals surface area contributed by atoms with Crippen LogP contribution >= 0.6 is 11.7 Å². The second-order valence-corrected chi connectivity index (χ2v) is 4.31. The maximum atomic E-state index is 10.5. The van der Waals surface area contributed by atoms with E-state index in [1.54, 1.807) is 0 Å². The summed E-state index contributed by atoms with van der Waals surface area (Å²) in [7, 11) is 0. The Morgan fingerprint density at radius 2 is 2.33 bits per heavy atom. The molecule has 0 radical (unpaired) electrons. The molecule has 2 N–H and O–H groups in total. The molecule has 2 rings (SSSR count). The predicted molar refractivity (Wildman–Crippen MR) is 82.2 cm³/mol. The van der Waals surface area contributed by atoms with Gasteiger partial charge in [0.05, 0.1) is 33.1 Å². The van der Waals surface area contributed by atoms with Gasteiger partial charge >= 0.3 is 0 Å². The van der Waals surface area contributed by atoms with Crippen LogP contribution in [-0.2, 0) is 4.74 Å². The number of aromatic nitrogens is 2. The van der Waals surface area contributed by atoms with Gasteiger partial charge in [-0.2, -0.15) is 4.37 Å². The summed E-state index contributed by atoms with van der Waals surface area (Å²) in [4.78, 5) is 0.959. The number of hydrogen-bond donors (Lipinski definition) is 2. The highest BCUT2D eigenvalue weighted by atomic mass is 32.1. The molecule has 1 saturated heterocycles. The van der Waals surface area contributed by atoms with Crippen molar-refractivity contribution in [2.24, 2.45) is 0 Å². The number of ether oxygens (including phenoxy) is 2. The number of aliphatic hydroxyl groups is 1. The molecule has 1 aliphatic heterocycles. The van der Waals surface area contributed by atoms with E-state index in [-0.39, 0.29) is 0 Å². The van der Waals surface area contributed by atoms with E-state index in [4.69, 9.17) is 28.0 Å². The molecule has 1 aromatic rings. The largest absolute Gasteiger partial charge is 0.472 e. The first-order chi connectivity index (χ1) is 16.6. The van der Waals surface area contributed by atoms with Gasteiger partial charge in [0.25, 0.3) is 5.88 Å². The lowest BCUT2D eigenvalue weighted by Crippen LogP contribution is -2.42. The van der Waals surface area contributed by atoms with Gasteiger partial charge in [0.1, 0.15) is 12.7 Å². The van der Waals surface area contributed by atoms with Crippen LogP contribution in [0.5, 0.6) is 5.88 Å². The number of anilines is 1. The fourth-order valence-electron chi connectivity index (χ4n) is 1.23. The van der Waals surface area contributed by atoms with Crippen molar-refractivity contribution in [2.75, 3.05) is 44.2 Å². The van der Waals surface area contributed by atoms with Crippen LogP contribution < -0.4 is 15.0 Å². The highest BCUT2D eigenvalue weighted by Gasteiger charge is 2.21. The van der Waals surface area contributed by atoms with E-state index in [9.17, 15) is 5.11 Å². The Labute approximate surface area is 153 Å². The first-order valence-corrected chi connectivity index (χ1v) is 6.26. The predicted octanol–water partition coefficient (Wildman–Crippen LogP) is 0.502. The van der Waals surface area contributed by atoms with E-state index in [0.29, 0.717) is 11.7 Å². The second-order valence-electron chi connectivity index (χ2n) is 3.78. The van der Waals surface area contributed by atoms with Crippen molar-refractivity contribution in [3.05, 3.63) is 0 Å². The van der Waals surface area contributed by atoms with Crippen LogP contribution in [0.1, 0.15) is 43.9 Å². The molecule has 0 spiro atoms. The van der Waals surface area contributed by atoms with Crippen molar-refractivity contribution in [3.63, 3.8) is 0 Å². The Bertz CT molecular complexity index is 939. The fraction of sp³-hybridized carbons (Fsp3) is 0.846. The molecule has 1 aromatic heterocycles. The van der Waals surface area contributed by atoms with E-state index < -0.39 is 83.2 Å². The molecule has 0 aliphatic carbocycles. The number of nitrogens with zero attached hydrogens (tertiary/aromatic N) is 3. The minimum absolute atomic E-state index is 0.405. The van der Waals surface area contributed by atoms with E-state index in [0.717, 1.165) is 4.90 Å². The minimum Gasteiger partial charge on any atom is -0.472 e. The number of nitrogens with one attached hydrogen (secondary N) is 1. The van der Waals surface area contributed by atoms with Crippen LogP contribution in [-0.4, -0.2) is 64.8 Å². The molecule has 7 nitrogen and oxygen atoms in total. The first-order valence-electron chi connectivity index (χ1n) is 14.0. The third kappa shape index (κ3) is 5.39. The van der Waals surface area contributed by atoms with Gasteiger partial charge in [0.15, 0.2) is 0 Å². The highest BCUT2D eigenvalue weighted by Crippen LogP contribution is 2.26. The Morgan fingerprint density at radius 1 is 1.57 bits per heavy atom. The second kappa shape index (κ2) is 7.35. The third-order valence-corrected chi connectivity index (χ3v) is 2.56.